The molecule has 0 aliphatic heterocycles. The predicted molar refractivity (Wildman–Crippen MR) is 98.2 cm³/mol. The molecular weight excluding hydrogens is 348 g/mol. The van der Waals surface area contributed by atoms with Gasteiger partial charge in [0, 0.05) is 17.6 Å². The second-order valence-electron chi connectivity index (χ2n) is 6.69. The van der Waals surface area contributed by atoms with E-state index in [1.807, 2.05) is 0 Å². The van der Waals surface area contributed by atoms with Crippen LogP contribution in [0.5, 0.6) is 5.75 Å². The number of carbonyl (C=O) groups is 2. The molecule has 0 heterocycles. The van der Waals surface area contributed by atoms with Gasteiger partial charge in [-0.1, -0.05) is 42.5 Å². The first-order valence-electron chi connectivity index (χ1n) is 8.69. The van der Waals surface area contributed by atoms with Crippen molar-refractivity contribution in [2.24, 2.45) is 5.73 Å². The average Bonchev–Trinajstić information content (AvgIpc) is 2.65. The Kier molecular flexibility index (Phi) is 5.43. The molecular formula is C20H22N2O5. The molecule has 0 bridgehead atoms. The Labute approximate surface area is 156 Å². The van der Waals surface area contributed by atoms with E-state index in [0.717, 1.165) is 12.8 Å². The van der Waals surface area contributed by atoms with Crippen molar-refractivity contribution in [3.63, 3.8) is 0 Å². The summed E-state index contributed by atoms with van der Waals surface area (Å²) in [6, 6.07) is 14.4. The minimum atomic E-state index is -2.22. The van der Waals surface area contributed by atoms with Gasteiger partial charge in [0.15, 0.2) is 6.61 Å². The molecule has 0 radical (unpaired) electrons. The molecule has 0 unspecified atom stereocenters. The van der Waals surface area contributed by atoms with E-state index in [9.17, 15) is 19.8 Å². The number of ether oxygens (including phenoxy) is 1. The zero-order valence-corrected chi connectivity index (χ0v) is 14.7. The van der Waals surface area contributed by atoms with Crippen LogP contribution in [0.3, 0.4) is 0 Å². The van der Waals surface area contributed by atoms with Crippen LogP contribution in [0.2, 0.25) is 0 Å². The number of amides is 1. The van der Waals surface area contributed by atoms with E-state index >= 15 is 0 Å². The normalized spacial score (nSPS) is 20.8. The Morgan fingerprint density at radius 3 is 2.41 bits per heavy atom. The van der Waals surface area contributed by atoms with Gasteiger partial charge in [0.1, 0.15) is 5.75 Å². The number of carbonyl (C=O) groups excluding carboxylic acids is 1. The molecule has 3 rings (SSSR count). The van der Waals surface area contributed by atoms with Crippen molar-refractivity contribution in [1.82, 2.24) is 5.32 Å². The second-order valence-corrected chi connectivity index (χ2v) is 6.69. The molecule has 0 spiro atoms. The lowest BCUT2D eigenvalue weighted by Gasteiger charge is -2.32. The van der Waals surface area contributed by atoms with Gasteiger partial charge in [-0.05, 0) is 30.5 Å². The Morgan fingerprint density at radius 1 is 1.11 bits per heavy atom. The number of aliphatic carboxylic acids is 1. The van der Waals surface area contributed by atoms with Crippen molar-refractivity contribution in [1.29, 1.82) is 0 Å². The van der Waals surface area contributed by atoms with E-state index in [2.05, 4.69) is 5.32 Å². The molecule has 5 N–H and O–H groups in total. The lowest BCUT2D eigenvalue weighted by atomic mass is 9.86. The molecule has 7 heteroatoms. The maximum atomic E-state index is 11.9. The summed E-state index contributed by atoms with van der Waals surface area (Å²) in [5, 5.41) is 23.3. The van der Waals surface area contributed by atoms with E-state index in [1.54, 1.807) is 42.5 Å². The molecule has 2 aromatic carbocycles. The van der Waals surface area contributed by atoms with Gasteiger partial charge in [0.05, 0.1) is 0 Å². The summed E-state index contributed by atoms with van der Waals surface area (Å²) >= 11 is 0. The third-order valence-corrected chi connectivity index (χ3v) is 4.66. The lowest BCUT2D eigenvalue weighted by molar-refractivity contribution is -0.155. The molecule has 1 saturated carbocycles. The highest BCUT2D eigenvalue weighted by Gasteiger charge is 2.40. The minimum Gasteiger partial charge on any atom is -0.484 e. The number of nitrogens with two attached hydrogens (primary N) is 1. The molecule has 27 heavy (non-hydrogen) atoms. The Hall–Kier alpha value is -2.90. The van der Waals surface area contributed by atoms with E-state index in [-0.39, 0.29) is 35.7 Å². The van der Waals surface area contributed by atoms with Gasteiger partial charge < -0.3 is 26.0 Å². The van der Waals surface area contributed by atoms with Gasteiger partial charge in [-0.2, -0.15) is 0 Å². The number of rotatable bonds is 7. The van der Waals surface area contributed by atoms with Gasteiger partial charge >= 0.3 is 5.97 Å². The molecule has 1 atom stereocenters. The molecule has 0 saturated heterocycles. The largest absolute Gasteiger partial charge is 0.484 e. The van der Waals surface area contributed by atoms with Crippen LogP contribution in [0.4, 0.5) is 0 Å². The SMILES string of the molecule is NC1CC(NC(=O)COc2cccc([C@](O)(C(=O)O)c3ccccc3)c2)C1. The van der Waals surface area contributed by atoms with Crippen LogP contribution < -0.4 is 15.8 Å². The van der Waals surface area contributed by atoms with Gasteiger partial charge in [0.25, 0.3) is 5.91 Å². The van der Waals surface area contributed by atoms with Crippen LogP contribution in [-0.2, 0) is 15.2 Å². The van der Waals surface area contributed by atoms with Gasteiger partial charge in [-0.15, -0.1) is 0 Å². The molecule has 0 aromatic heterocycles. The van der Waals surface area contributed by atoms with Crippen molar-refractivity contribution in [3.05, 3.63) is 65.7 Å². The fourth-order valence-electron chi connectivity index (χ4n) is 3.10. The fourth-order valence-corrected chi connectivity index (χ4v) is 3.10. The third-order valence-electron chi connectivity index (χ3n) is 4.66. The quantitative estimate of drug-likeness (QED) is 0.577. The highest BCUT2D eigenvalue weighted by atomic mass is 16.5. The molecule has 1 aliphatic carbocycles. The maximum absolute atomic E-state index is 11.9. The zero-order valence-electron chi connectivity index (χ0n) is 14.7. The third kappa shape index (κ3) is 4.10. The molecule has 2 aromatic rings. The van der Waals surface area contributed by atoms with Crippen LogP contribution in [0, 0.1) is 0 Å². The van der Waals surface area contributed by atoms with Crippen LogP contribution in [-0.4, -0.2) is 40.8 Å². The Bertz CT molecular complexity index is 820. The van der Waals surface area contributed by atoms with Crippen LogP contribution in [0.15, 0.2) is 54.6 Å². The van der Waals surface area contributed by atoms with Crippen molar-refractivity contribution < 1.29 is 24.5 Å². The van der Waals surface area contributed by atoms with Crippen molar-refractivity contribution in [3.8, 4) is 5.75 Å². The number of hydrogen-bond donors (Lipinski definition) is 4. The van der Waals surface area contributed by atoms with E-state index in [1.165, 1.54) is 12.1 Å². The van der Waals surface area contributed by atoms with Crippen molar-refractivity contribution >= 4 is 11.9 Å². The first-order chi connectivity index (χ1) is 12.9. The summed E-state index contributed by atoms with van der Waals surface area (Å²) in [4.78, 5) is 23.7. The molecule has 1 aliphatic rings. The number of nitrogens with one attached hydrogen (secondary N) is 1. The van der Waals surface area contributed by atoms with E-state index in [0.29, 0.717) is 5.75 Å². The number of carboxylic acids is 1. The highest BCUT2D eigenvalue weighted by molar-refractivity contribution is 5.84. The minimum absolute atomic E-state index is 0.0811. The molecule has 142 valence electrons. The van der Waals surface area contributed by atoms with Crippen LogP contribution in [0.1, 0.15) is 24.0 Å². The Balaban J connectivity index is 1.72. The Morgan fingerprint density at radius 2 is 1.78 bits per heavy atom. The van der Waals surface area contributed by atoms with Gasteiger partial charge in [-0.25, -0.2) is 4.79 Å². The standard InChI is InChI=1S/C20H22N2O5/c21-15-10-16(11-15)22-18(23)12-27-17-8-4-7-14(9-17)20(26,19(24)25)13-5-2-1-3-6-13/h1-9,15-16,26H,10-12,21H2,(H,22,23)(H,24,25)/t15?,16?,20-/m0/s1. The summed E-state index contributed by atoms with van der Waals surface area (Å²) in [6.07, 6.45) is 1.51. The molecule has 1 amide bonds. The van der Waals surface area contributed by atoms with Gasteiger partial charge in [0.2, 0.25) is 5.60 Å². The number of hydrogen-bond acceptors (Lipinski definition) is 5. The summed E-state index contributed by atoms with van der Waals surface area (Å²) in [5.74, 6) is -1.37. The predicted octanol–water partition coefficient (Wildman–Crippen LogP) is 0.992. The van der Waals surface area contributed by atoms with Crippen LogP contribution in [0.25, 0.3) is 0 Å². The lowest BCUT2D eigenvalue weighted by Crippen LogP contribution is -2.51. The number of aliphatic hydroxyl groups is 1. The summed E-state index contributed by atoms with van der Waals surface area (Å²) in [7, 11) is 0. The van der Waals surface area contributed by atoms with Crippen molar-refractivity contribution in [2.45, 2.75) is 30.5 Å². The summed E-state index contributed by atoms with van der Waals surface area (Å²) < 4.78 is 5.47. The van der Waals surface area contributed by atoms with Gasteiger partial charge in [-0.3, -0.25) is 4.79 Å². The monoisotopic (exact) mass is 370 g/mol. The number of carboxylic acid groups (broad SMARTS) is 1. The average molecular weight is 370 g/mol. The second kappa shape index (κ2) is 7.77. The van der Waals surface area contributed by atoms with E-state index < -0.39 is 11.6 Å². The molecule has 7 nitrogen and oxygen atoms in total. The summed E-state index contributed by atoms with van der Waals surface area (Å²) in [6.45, 7) is -0.202. The van der Waals surface area contributed by atoms with Crippen LogP contribution >= 0.6 is 0 Å². The smallest absolute Gasteiger partial charge is 0.345 e. The van der Waals surface area contributed by atoms with E-state index in [4.69, 9.17) is 10.5 Å². The summed E-state index contributed by atoms with van der Waals surface area (Å²) in [5.41, 5.74) is 3.84. The number of benzene rings is 2. The maximum Gasteiger partial charge on any atom is 0.345 e. The zero-order chi connectivity index (χ0) is 19.4. The first-order valence-corrected chi connectivity index (χ1v) is 8.69. The first kappa shape index (κ1) is 18.9. The van der Waals surface area contributed by atoms with Crippen molar-refractivity contribution in [2.75, 3.05) is 6.61 Å². The topological polar surface area (TPSA) is 122 Å². The molecule has 1 fully saturated rings. The highest BCUT2D eigenvalue weighted by Crippen LogP contribution is 2.32. The fraction of sp³-hybridized carbons (Fsp3) is 0.300.